The zero-order chi connectivity index (χ0) is 24.9. The van der Waals surface area contributed by atoms with Gasteiger partial charge in [0.25, 0.3) is 15.9 Å². The maximum absolute atomic E-state index is 12.8. The Balaban J connectivity index is 1.60. The third-order valence-corrected chi connectivity index (χ3v) is 6.98. The van der Waals surface area contributed by atoms with Gasteiger partial charge in [-0.2, -0.15) is 0 Å². The second-order valence-electron chi connectivity index (χ2n) is 9.38. The molecule has 1 fully saturated rings. The van der Waals surface area contributed by atoms with Crippen molar-refractivity contribution in [3.63, 3.8) is 0 Å². The molecule has 1 saturated heterocycles. The highest BCUT2D eigenvalue weighted by molar-refractivity contribution is 7.92. The highest BCUT2D eigenvalue weighted by Crippen LogP contribution is 2.22. The number of nitrogens with one attached hydrogen (secondary N) is 2. The third kappa shape index (κ3) is 6.50. The molecule has 2 aromatic carbocycles. The summed E-state index contributed by atoms with van der Waals surface area (Å²) in [4.78, 5) is 27.2. The molecule has 1 heterocycles. The van der Waals surface area contributed by atoms with Gasteiger partial charge in [0.1, 0.15) is 5.75 Å². The lowest BCUT2D eigenvalue weighted by Gasteiger charge is -2.36. The largest absolute Gasteiger partial charge is 0.494 e. The Kier molecular flexibility index (Phi) is 7.86. The Morgan fingerprint density at radius 3 is 2.29 bits per heavy atom. The monoisotopic (exact) mass is 487 g/mol. The minimum absolute atomic E-state index is 0.0410. The van der Waals surface area contributed by atoms with E-state index >= 15 is 0 Å². The smallest absolute Gasteiger partial charge is 0.261 e. The highest BCUT2D eigenvalue weighted by atomic mass is 32.2. The summed E-state index contributed by atoms with van der Waals surface area (Å²) >= 11 is 0. The van der Waals surface area contributed by atoms with Gasteiger partial charge < -0.3 is 15.0 Å². The Labute approximate surface area is 201 Å². The molecule has 2 aromatic rings. The minimum atomic E-state index is -3.82. The number of hydrogen-bond acceptors (Lipinski definition) is 5. The summed E-state index contributed by atoms with van der Waals surface area (Å²) in [6.45, 7) is 9.26. The van der Waals surface area contributed by atoms with Crippen LogP contribution in [0.5, 0.6) is 5.75 Å². The van der Waals surface area contributed by atoms with Crippen molar-refractivity contribution in [3.05, 3.63) is 54.1 Å². The number of rotatable bonds is 7. The van der Waals surface area contributed by atoms with E-state index in [1.807, 2.05) is 32.6 Å². The molecule has 8 nitrogen and oxygen atoms in total. The number of sulfonamides is 1. The fraction of sp³-hybridized carbons (Fsp3) is 0.440. The van der Waals surface area contributed by atoms with E-state index in [2.05, 4.69) is 10.0 Å². The fourth-order valence-corrected chi connectivity index (χ4v) is 4.84. The van der Waals surface area contributed by atoms with Crippen LogP contribution in [0.2, 0.25) is 0 Å². The lowest BCUT2D eigenvalue weighted by Crippen LogP contribution is -2.49. The van der Waals surface area contributed by atoms with E-state index in [9.17, 15) is 18.0 Å². The SMILES string of the molecule is CCOc1ccc(S(=O)(=O)Nc2cccc(C(=O)NC3CCN(C(=O)C(C)(C)C)CC3)c2)cc1. The number of benzene rings is 2. The topological polar surface area (TPSA) is 105 Å². The lowest BCUT2D eigenvalue weighted by atomic mass is 9.93. The minimum Gasteiger partial charge on any atom is -0.494 e. The van der Waals surface area contributed by atoms with Crippen LogP contribution in [0.4, 0.5) is 5.69 Å². The molecule has 184 valence electrons. The first kappa shape index (κ1) is 25.6. The molecule has 1 aliphatic rings. The summed E-state index contributed by atoms with van der Waals surface area (Å²) in [5.41, 5.74) is 0.238. The molecule has 0 saturated carbocycles. The molecule has 0 radical (unpaired) electrons. The average Bonchev–Trinajstić information content (AvgIpc) is 2.79. The molecular weight excluding hydrogens is 454 g/mol. The molecule has 0 atom stereocenters. The predicted molar refractivity (Wildman–Crippen MR) is 131 cm³/mol. The van der Waals surface area contributed by atoms with Gasteiger partial charge in [0, 0.05) is 35.8 Å². The van der Waals surface area contributed by atoms with E-state index in [0.717, 1.165) is 0 Å². The summed E-state index contributed by atoms with van der Waals surface area (Å²) in [5, 5.41) is 3.01. The van der Waals surface area contributed by atoms with Crippen LogP contribution in [0.25, 0.3) is 0 Å². The van der Waals surface area contributed by atoms with Gasteiger partial charge in [-0.05, 0) is 62.2 Å². The van der Waals surface area contributed by atoms with Crippen LogP contribution in [-0.4, -0.2) is 50.9 Å². The number of likely N-dealkylation sites (tertiary alicyclic amines) is 1. The van der Waals surface area contributed by atoms with Crippen molar-refractivity contribution in [1.82, 2.24) is 10.2 Å². The van der Waals surface area contributed by atoms with Gasteiger partial charge in [-0.15, -0.1) is 0 Å². The molecule has 0 unspecified atom stereocenters. The summed E-state index contributed by atoms with van der Waals surface area (Å²) in [6.07, 6.45) is 1.36. The Morgan fingerprint density at radius 2 is 1.71 bits per heavy atom. The van der Waals surface area contributed by atoms with Crippen LogP contribution in [0.1, 0.15) is 50.9 Å². The zero-order valence-electron chi connectivity index (χ0n) is 20.1. The second kappa shape index (κ2) is 10.5. The number of piperidine rings is 1. The number of ether oxygens (including phenoxy) is 1. The van der Waals surface area contributed by atoms with Crippen molar-refractivity contribution < 1.29 is 22.7 Å². The first-order chi connectivity index (χ1) is 16.0. The maximum atomic E-state index is 12.8. The van der Waals surface area contributed by atoms with E-state index < -0.39 is 15.4 Å². The number of anilines is 1. The fourth-order valence-electron chi connectivity index (χ4n) is 3.79. The summed E-state index contributed by atoms with van der Waals surface area (Å²) < 4.78 is 33.4. The lowest BCUT2D eigenvalue weighted by molar-refractivity contribution is -0.140. The first-order valence-electron chi connectivity index (χ1n) is 11.5. The van der Waals surface area contributed by atoms with E-state index in [0.29, 0.717) is 49.5 Å². The Bertz CT molecular complexity index is 1120. The van der Waals surface area contributed by atoms with Gasteiger partial charge in [-0.1, -0.05) is 26.8 Å². The van der Waals surface area contributed by atoms with Gasteiger partial charge in [0.2, 0.25) is 5.91 Å². The van der Waals surface area contributed by atoms with Crippen LogP contribution in [0.3, 0.4) is 0 Å². The van der Waals surface area contributed by atoms with Gasteiger partial charge >= 0.3 is 0 Å². The number of carbonyl (C=O) groups is 2. The van der Waals surface area contributed by atoms with E-state index in [4.69, 9.17) is 4.74 Å². The number of nitrogens with zero attached hydrogens (tertiary/aromatic N) is 1. The van der Waals surface area contributed by atoms with Crippen molar-refractivity contribution in [2.45, 2.75) is 51.5 Å². The molecule has 0 aromatic heterocycles. The van der Waals surface area contributed by atoms with Crippen LogP contribution >= 0.6 is 0 Å². The zero-order valence-corrected chi connectivity index (χ0v) is 20.9. The van der Waals surface area contributed by atoms with Gasteiger partial charge in [0.05, 0.1) is 11.5 Å². The van der Waals surface area contributed by atoms with Crippen LogP contribution < -0.4 is 14.8 Å². The summed E-state index contributed by atoms with van der Waals surface area (Å²) in [5.74, 6) is 0.432. The van der Waals surface area contributed by atoms with Crippen molar-refractivity contribution in [2.75, 3.05) is 24.4 Å². The molecule has 0 aliphatic carbocycles. The summed E-state index contributed by atoms with van der Waals surface area (Å²) in [6, 6.07) is 12.5. The third-order valence-electron chi connectivity index (χ3n) is 5.58. The van der Waals surface area contributed by atoms with E-state index in [1.165, 1.54) is 18.2 Å². The van der Waals surface area contributed by atoms with Crippen LogP contribution in [0.15, 0.2) is 53.4 Å². The van der Waals surface area contributed by atoms with Crippen molar-refractivity contribution in [3.8, 4) is 5.75 Å². The summed E-state index contributed by atoms with van der Waals surface area (Å²) in [7, 11) is -3.82. The molecule has 1 aliphatic heterocycles. The second-order valence-corrected chi connectivity index (χ2v) is 11.1. The van der Waals surface area contributed by atoms with Crippen molar-refractivity contribution in [1.29, 1.82) is 0 Å². The quantitative estimate of drug-likeness (QED) is 0.620. The first-order valence-corrected chi connectivity index (χ1v) is 12.9. The molecule has 3 rings (SSSR count). The van der Waals surface area contributed by atoms with E-state index in [-0.39, 0.29) is 22.8 Å². The average molecular weight is 488 g/mol. The number of amides is 2. The molecule has 34 heavy (non-hydrogen) atoms. The predicted octanol–water partition coefficient (Wildman–Crippen LogP) is 3.65. The number of carbonyl (C=O) groups excluding carboxylic acids is 2. The van der Waals surface area contributed by atoms with Gasteiger partial charge in [0.15, 0.2) is 0 Å². The molecule has 2 amide bonds. The van der Waals surface area contributed by atoms with Crippen LogP contribution in [-0.2, 0) is 14.8 Å². The normalized spacial score (nSPS) is 15.0. The molecule has 0 bridgehead atoms. The molecular formula is C25H33N3O5S. The molecule has 0 spiro atoms. The number of hydrogen-bond donors (Lipinski definition) is 2. The van der Waals surface area contributed by atoms with Crippen LogP contribution in [0, 0.1) is 5.41 Å². The van der Waals surface area contributed by atoms with Gasteiger partial charge in [-0.25, -0.2) is 8.42 Å². The highest BCUT2D eigenvalue weighted by Gasteiger charge is 2.30. The standard InChI is InChI=1S/C25H33N3O5S/c1-5-33-21-9-11-22(12-10-21)34(31,32)27-20-8-6-7-18(17-20)23(29)26-19-13-15-28(16-14-19)24(30)25(2,3)4/h6-12,17,19,27H,5,13-16H2,1-4H3,(H,26,29). The van der Waals surface area contributed by atoms with Crippen molar-refractivity contribution >= 4 is 27.5 Å². The Morgan fingerprint density at radius 1 is 1.06 bits per heavy atom. The van der Waals surface area contributed by atoms with Crippen molar-refractivity contribution in [2.24, 2.45) is 5.41 Å². The maximum Gasteiger partial charge on any atom is 0.261 e. The van der Waals surface area contributed by atoms with Gasteiger partial charge in [-0.3, -0.25) is 14.3 Å². The molecule has 2 N–H and O–H groups in total. The molecule has 9 heteroatoms. The van der Waals surface area contributed by atoms with E-state index in [1.54, 1.807) is 30.3 Å². The Hall–Kier alpha value is -3.07.